The van der Waals surface area contributed by atoms with Gasteiger partial charge in [0.05, 0.1) is 17.3 Å². The molecule has 0 spiro atoms. The maximum Gasteiger partial charge on any atom is 0.172 e. The van der Waals surface area contributed by atoms with Gasteiger partial charge in [-0.05, 0) is 108 Å². The maximum absolute atomic E-state index is 9.55. The highest BCUT2D eigenvalue weighted by molar-refractivity contribution is 5.88. The number of nitriles is 1. The predicted octanol–water partition coefficient (Wildman–Crippen LogP) is 7.16. The van der Waals surface area contributed by atoms with Crippen LogP contribution in [0.15, 0.2) is 76.9 Å². The third-order valence-corrected chi connectivity index (χ3v) is 7.43. The number of aromatic nitrogens is 1. The largest absolute Gasteiger partial charge is 0.356 e. The van der Waals surface area contributed by atoms with Gasteiger partial charge in [0.15, 0.2) is 5.58 Å². The zero-order valence-corrected chi connectivity index (χ0v) is 23.3. The fourth-order valence-electron chi connectivity index (χ4n) is 5.38. The van der Waals surface area contributed by atoms with Crippen LogP contribution in [0, 0.1) is 17.2 Å². The quantitative estimate of drug-likeness (QED) is 0.215. The van der Waals surface area contributed by atoms with E-state index in [1.165, 1.54) is 18.4 Å². The third-order valence-electron chi connectivity index (χ3n) is 7.43. The molecule has 0 saturated carbocycles. The lowest BCUT2D eigenvalue weighted by atomic mass is 9.90. The van der Waals surface area contributed by atoms with Gasteiger partial charge in [0, 0.05) is 24.0 Å². The monoisotopic (exact) mass is 508 g/mol. The molecule has 5 heteroatoms. The van der Waals surface area contributed by atoms with E-state index in [4.69, 9.17) is 4.52 Å². The number of hydrogen-bond acceptors (Lipinski definition) is 5. The standard InChI is InChI=1S/C33H40N4O/c1-5-6-10-28(22-34)21-25(2)29-14-15-30-32(35-38-33(30)31(29)24-36(3)4)16-13-26-17-19-37(20-18-26)23-27-11-8-7-9-12-27/h5-12,14-15,21,26H,13,16-20,23-24H2,1-4H3/b6-5-,25-21+,28-10+. The van der Waals surface area contributed by atoms with Gasteiger partial charge in [0.25, 0.3) is 0 Å². The van der Waals surface area contributed by atoms with Crippen molar-refractivity contribution in [2.75, 3.05) is 27.2 Å². The Kier molecular flexibility index (Phi) is 9.70. The zero-order chi connectivity index (χ0) is 26.9. The summed E-state index contributed by atoms with van der Waals surface area (Å²) >= 11 is 0. The van der Waals surface area contributed by atoms with Crippen molar-refractivity contribution in [1.29, 1.82) is 5.26 Å². The van der Waals surface area contributed by atoms with Gasteiger partial charge < -0.3 is 9.42 Å². The van der Waals surface area contributed by atoms with E-state index in [0.717, 1.165) is 78.3 Å². The summed E-state index contributed by atoms with van der Waals surface area (Å²) in [6, 6.07) is 17.4. The topological polar surface area (TPSA) is 56.3 Å². The second-order valence-corrected chi connectivity index (χ2v) is 10.7. The highest BCUT2D eigenvalue weighted by atomic mass is 16.5. The zero-order valence-electron chi connectivity index (χ0n) is 23.3. The molecule has 4 rings (SSSR count). The molecular weight excluding hydrogens is 468 g/mol. The number of benzene rings is 2. The molecule has 0 bridgehead atoms. The van der Waals surface area contributed by atoms with Crippen LogP contribution in [0.25, 0.3) is 16.5 Å². The maximum atomic E-state index is 9.55. The molecule has 3 aromatic rings. The van der Waals surface area contributed by atoms with Crippen molar-refractivity contribution >= 4 is 16.5 Å². The molecule has 0 amide bonds. The van der Waals surface area contributed by atoms with Crippen molar-refractivity contribution in [3.8, 4) is 6.07 Å². The van der Waals surface area contributed by atoms with E-state index in [0.29, 0.717) is 5.57 Å². The number of likely N-dealkylation sites (tertiary alicyclic amines) is 1. The summed E-state index contributed by atoms with van der Waals surface area (Å²) in [5.74, 6) is 0.729. The average molecular weight is 509 g/mol. The van der Waals surface area contributed by atoms with Gasteiger partial charge >= 0.3 is 0 Å². The van der Waals surface area contributed by atoms with E-state index in [1.807, 2.05) is 31.2 Å². The van der Waals surface area contributed by atoms with Crippen molar-refractivity contribution in [3.05, 3.63) is 94.7 Å². The summed E-state index contributed by atoms with van der Waals surface area (Å²) in [6.45, 7) is 8.12. The molecule has 0 unspecified atom stereocenters. The molecule has 0 radical (unpaired) electrons. The number of aryl methyl sites for hydroxylation is 1. The van der Waals surface area contributed by atoms with Gasteiger partial charge in [0.1, 0.15) is 0 Å². The second kappa shape index (κ2) is 13.4. The molecule has 198 valence electrons. The molecule has 0 aliphatic carbocycles. The molecule has 2 aromatic carbocycles. The summed E-state index contributed by atoms with van der Waals surface area (Å²) in [5.41, 5.74) is 7.22. The van der Waals surface area contributed by atoms with Crippen LogP contribution in [0.2, 0.25) is 0 Å². The summed E-state index contributed by atoms with van der Waals surface area (Å²) in [4.78, 5) is 4.73. The van der Waals surface area contributed by atoms with Crippen LogP contribution < -0.4 is 0 Å². The van der Waals surface area contributed by atoms with Gasteiger partial charge in [-0.3, -0.25) is 4.90 Å². The summed E-state index contributed by atoms with van der Waals surface area (Å²) < 4.78 is 5.99. The van der Waals surface area contributed by atoms with Crippen LogP contribution in [0.1, 0.15) is 55.5 Å². The molecule has 1 aliphatic heterocycles. The van der Waals surface area contributed by atoms with Crippen LogP contribution in [-0.4, -0.2) is 42.1 Å². The van der Waals surface area contributed by atoms with E-state index < -0.39 is 0 Å². The Morgan fingerprint density at radius 1 is 1.16 bits per heavy atom. The highest BCUT2D eigenvalue weighted by Gasteiger charge is 2.22. The smallest absolute Gasteiger partial charge is 0.172 e. The predicted molar refractivity (Wildman–Crippen MR) is 156 cm³/mol. The number of rotatable bonds is 10. The van der Waals surface area contributed by atoms with Gasteiger partial charge in [-0.15, -0.1) is 0 Å². The Labute approximate surface area is 227 Å². The number of fused-ring (bicyclic) bond motifs is 1. The number of piperidine rings is 1. The lowest BCUT2D eigenvalue weighted by molar-refractivity contribution is 0.172. The molecule has 1 aliphatic rings. The fourth-order valence-corrected chi connectivity index (χ4v) is 5.38. The first-order chi connectivity index (χ1) is 18.5. The second-order valence-electron chi connectivity index (χ2n) is 10.7. The first-order valence-electron chi connectivity index (χ1n) is 13.7. The van der Waals surface area contributed by atoms with Crippen LogP contribution in [0.4, 0.5) is 0 Å². The first-order valence-corrected chi connectivity index (χ1v) is 13.7. The van der Waals surface area contributed by atoms with E-state index >= 15 is 0 Å². The van der Waals surface area contributed by atoms with E-state index in [-0.39, 0.29) is 0 Å². The Bertz CT molecular complexity index is 1330. The molecule has 38 heavy (non-hydrogen) atoms. The molecular formula is C33H40N4O. The Morgan fingerprint density at radius 2 is 1.92 bits per heavy atom. The van der Waals surface area contributed by atoms with E-state index in [9.17, 15) is 5.26 Å². The number of allylic oxidation sites excluding steroid dienone is 6. The van der Waals surface area contributed by atoms with E-state index in [2.05, 4.69) is 84.5 Å². The van der Waals surface area contributed by atoms with Crippen LogP contribution >= 0.6 is 0 Å². The Morgan fingerprint density at radius 3 is 2.61 bits per heavy atom. The van der Waals surface area contributed by atoms with Crippen molar-refractivity contribution < 1.29 is 4.52 Å². The summed E-state index contributed by atoms with van der Waals surface area (Å²) in [6.07, 6.45) is 12.2. The molecule has 5 nitrogen and oxygen atoms in total. The van der Waals surface area contributed by atoms with Crippen molar-refractivity contribution in [1.82, 2.24) is 15.0 Å². The number of hydrogen-bond donors (Lipinski definition) is 0. The Hall–Kier alpha value is -3.46. The van der Waals surface area contributed by atoms with Gasteiger partial charge in [-0.25, -0.2) is 0 Å². The molecule has 0 atom stereocenters. The highest BCUT2D eigenvalue weighted by Crippen LogP contribution is 2.32. The lowest BCUT2D eigenvalue weighted by Gasteiger charge is -2.32. The van der Waals surface area contributed by atoms with Gasteiger partial charge in [-0.1, -0.05) is 53.7 Å². The minimum absolute atomic E-state index is 0.629. The van der Waals surface area contributed by atoms with Crippen molar-refractivity contribution in [2.45, 2.75) is 52.6 Å². The van der Waals surface area contributed by atoms with Crippen LogP contribution in [-0.2, 0) is 19.5 Å². The Balaban J connectivity index is 1.46. The SMILES string of the molecule is C\C=C/C=C(C#N)\C=C(/C)c1ccc2c(CCC3CCN(Cc4ccccc4)CC3)noc2c1CN(C)C. The fraction of sp³-hybridized carbons (Fsp3) is 0.394. The molecule has 0 N–H and O–H groups in total. The van der Waals surface area contributed by atoms with Crippen molar-refractivity contribution in [3.63, 3.8) is 0 Å². The van der Waals surface area contributed by atoms with Crippen LogP contribution in [0.3, 0.4) is 0 Å². The molecule has 1 fully saturated rings. The first kappa shape index (κ1) is 27.6. The minimum atomic E-state index is 0.629. The normalized spacial score (nSPS) is 16.1. The third kappa shape index (κ3) is 7.10. The lowest BCUT2D eigenvalue weighted by Crippen LogP contribution is -2.33. The summed E-state index contributed by atoms with van der Waals surface area (Å²) in [5, 5.41) is 15.2. The molecule has 1 saturated heterocycles. The van der Waals surface area contributed by atoms with Crippen molar-refractivity contribution in [2.24, 2.45) is 5.92 Å². The molecule has 2 heterocycles. The van der Waals surface area contributed by atoms with E-state index in [1.54, 1.807) is 0 Å². The van der Waals surface area contributed by atoms with Gasteiger partial charge in [0.2, 0.25) is 0 Å². The average Bonchev–Trinajstić information content (AvgIpc) is 3.34. The molecule has 1 aromatic heterocycles. The number of nitrogens with zero attached hydrogens (tertiary/aromatic N) is 4. The summed E-state index contributed by atoms with van der Waals surface area (Å²) in [7, 11) is 4.13. The van der Waals surface area contributed by atoms with Gasteiger partial charge in [-0.2, -0.15) is 5.26 Å². The van der Waals surface area contributed by atoms with Crippen LogP contribution in [0.5, 0.6) is 0 Å². The minimum Gasteiger partial charge on any atom is -0.356 e.